The van der Waals surface area contributed by atoms with Gasteiger partial charge in [-0.15, -0.1) is 0 Å². The fraction of sp³-hybridized carbons (Fsp3) is 0.192. The van der Waals surface area contributed by atoms with Crippen LogP contribution in [0.3, 0.4) is 0 Å². The van der Waals surface area contributed by atoms with Crippen LogP contribution in [0.4, 0.5) is 4.79 Å². The summed E-state index contributed by atoms with van der Waals surface area (Å²) in [6.45, 7) is 5.44. The van der Waals surface area contributed by atoms with Gasteiger partial charge in [0.2, 0.25) is 0 Å². The van der Waals surface area contributed by atoms with Crippen molar-refractivity contribution >= 4 is 6.09 Å². The maximum absolute atomic E-state index is 13.4. The van der Waals surface area contributed by atoms with Crippen LogP contribution in [0.15, 0.2) is 96.1 Å². The maximum atomic E-state index is 13.4. The molecular weight excluding hydrogens is 422 g/mol. The highest BCUT2D eigenvalue weighted by Crippen LogP contribution is 2.40. The van der Waals surface area contributed by atoms with Crippen LogP contribution in [-0.4, -0.2) is 16.6 Å². The van der Waals surface area contributed by atoms with Crippen molar-refractivity contribution in [1.82, 2.24) is 4.90 Å². The van der Waals surface area contributed by atoms with E-state index in [-0.39, 0.29) is 0 Å². The molecule has 3 heterocycles. The Morgan fingerprint density at radius 1 is 0.788 bits per heavy atom. The van der Waals surface area contributed by atoms with Crippen molar-refractivity contribution in [2.75, 3.05) is 0 Å². The molecule has 0 unspecified atom stereocenters. The van der Waals surface area contributed by atoms with E-state index in [9.17, 15) is 4.79 Å². The first-order chi connectivity index (χ1) is 15.9. The van der Waals surface area contributed by atoms with Crippen LogP contribution >= 0.6 is 0 Å². The number of fused-ring (bicyclic) bond motifs is 2. The van der Waals surface area contributed by atoms with E-state index in [2.05, 4.69) is 0 Å². The van der Waals surface area contributed by atoms with Crippen LogP contribution in [0.5, 0.6) is 23.0 Å². The monoisotopic (exact) mass is 445 g/mol. The molecule has 5 rings (SSSR count). The summed E-state index contributed by atoms with van der Waals surface area (Å²) in [4.78, 5) is 14.8. The largest absolute Gasteiger partial charge is 0.457 e. The molecule has 0 bridgehead atoms. The molecule has 7 nitrogen and oxygen atoms in total. The molecule has 3 aliphatic rings. The number of amides is 1. The number of allylic oxidation sites excluding steroid dienone is 2. The Balaban J connectivity index is 1.49. The number of hydrogen-bond donors (Lipinski definition) is 0. The van der Waals surface area contributed by atoms with Gasteiger partial charge < -0.3 is 23.7 Å². The molecule has 2 aromatic rings. The smallest absolute Gasteiger partial charge is 0.419 e. The lowest BCUT2D eigenvalue weighted by atomic mass is 10.1. The molecule has 0 aliphatic carbocycles. The van der Waals surface area contributed by atoms with Gasteiger partial charge in [-0.2, -0.15) is 0 Å². The summed E-state index contributed by atoms with van der Waals surface area (Å²) in [5.41, 5.74) is 0.264. The second-order valence-electron chi connectivity index (χ2n) is 8.53. The van der Waals surface area contributed by atoms with Crippen LogP contribution in [0.1, 0.15) is 27.2 Å². The summed E-state index contributed by atoms with van der Waals surface area (Å²) in [5, 5.41) is 0. The molecule has 0 spiro atoms. The van der Waals surface area contributed by atoms with Crippen LogP contribution in [0.2, 0.25) is 0 Å². The summed E-state index contributed by atoms with van der Waals surface area (Å²) in [7, 11) is 0. The van der Waals surface area contributed by atoms with E-state index < -0.39 is 11.7 Å². The van der Waals surface area contributed by atoms with Gasteiger partial charge in [0.1, 0.15) is 18.1 Å². The fourth-order valence-corrected chi connectivity index (χ4v) is 3.53. The number of carbonyl (C=O) groups excluding carboxylic acids is 1. The van der Waals surface area contributed by atoms with Gasteiger partial charge in [0, 0.05) is 0 Å². The summed E-state index contributed by atoms with van der Waals surface area (Å²) < 4.78 is 29.4. The van der Waals surface area contributed by atoms with Crippen molar-refractivity contribution < 1.29 is 28.5 Å². The van der Waals surface area contributed by atoms with Gasteiger partial charge in [0.25, 0.3) is 0 Å². The molecular formula is C26H23NO6. The summed E-state index contributed by atoms with van der Waals surface area (Å²) in [6, 6.07) is 14.7. The Kier molecular flexibility index (Phi) is 5.09. The SMILES string of the molecule is CC(C)(C)OC(=O)N1C(C2=COc3ccccc3O2)=CCC=C1C1=COc2ccccc2O1. The number of rotatable bonds is 2. The highest BCUT2D eigenvalue weighted by molar-refractivity contribution is 5.76. The maximum Gasteiger partial charge on any atom is 0.419 e. The van der Waals surface area contributed by atoms with E-state index in [0.717, 1.165) is 0 Å². The highest BCUT2D eigenvalue weighted by Gasteiger charge is 2.36. The number of para-hydroxylation sites is 4. The summed E-state index contributed by atoms with van der Waals surface area (Å²) in [6.07, 6.45) is 6.66. The van der Waals surface area contributed by atoms with Crippen molar-refractivity contribution in [2.24, 2.45) is 0 Å². The van der Waals surface area contributed by atoms with Crippen molar-refractivity contribution in [2.45, 2.75) is 32.8 Å². The molecule has 0 saturated carbocycles. The molecule has 2 aromatic carbocycles. The molecule has 33 heavy (non-hydrogen) atoms. The normalized spacial score (nSPS) is 16.8. The molecule has 0 radical (unpaired) electrons. The zero-order chi connectivity index (χ0) is 23.0. The van der Waals surface area contributed by atoms with Gasteiger partial charge >= 0.3 is 6.09 Å². The molecule has 0 N–H and O–H groups in total. The Bertz CT molecular complexity index is 1150. The van der Waals surface area contributed by atoms with Crippen molar-refractivity contribution in [3.05, 3.63) is 96.1 Å². The predicted octanol–water partition coefficient (Wildman–Crippen LogP) is 6.02. The first-order valence-electron chi connectivity index (χ1n) is 10.6. The van der Waals surface area contributed by atoms with Crippen LogP contribution in [0, 0.1) is 0 Å². The average molecular weight is 445 g/mol. The highest BCUT2D eigenvalue weighted by atomic mass is 16.6. The third-order valence-corrected chi connectivity index (χ3v) is 4.91. The van der Waals surface area contributed by atoms with Gasteiger partial charge in [0.15, 0.2) is 34.5 Å². The average Bonchev–Trinajstić information content (AvgIpc) is 2.82. The van der Waals surface area contributed by atoms with E-state index in [1.54, 1.807) is 12.1 Å². The second-order valence-corrected chi connectivity index (χ2v) is 8.53. The first kappa shape index (κ1) is 20.8. The molecule has 1 amide bonds. The zero-order valence-electron chi connectivity index (χ0n) is 18.5. The third-order valence-electron chi connectivity index (χ3n) is 4.91. The van der Waals surface area contributed by atoms with Crippen LogP contribution < -0.4 is 18.9 Å². The molecule has 0 saturated heterocycles. The van der Waals surface area contributed by atoms with E-state index >= 15 is 0 Å². The summed E-state index contributed by atoms with van der Waals surface area (Å²) in [5.74, 6) is 3.06. The number of carbonyl (C=O) groups is 1. The molecule has 0 fully saturated rings. The topological polar surface area (TPSA) is 66.5 Å². The summed E-state index contributed by atoms with van der Waals surface area (Å²) >= 11 is 0. The Morgan fingerprint density at radius 2 is 1.24 bits per heavy atom. The number of ether oxygens (including phenoxy) is 5. The van der Waals surface area contributed by atoms with Crippen LogP contribution in [-0.2, 0) is 4.74 Å². The number of hydrogen-bond acceptors (Lipinski definition) is 6. The van der Waals surface area contributed by atoms with Crippen LogP contribution in [0.25, 0.3) is 0 Å². The van der Waals surface area contributed by atoms with E-state index in [0.29, 0.717) is 52.3 Å². The molecule has 3 aliphatic heterocycles. The van der Waals surface area contributed by atoms with Crippen molar-refractivity contribution in [1.29, 1.82) is 0 Å². The predicted molar refractivity (Wildman–Crippen MR) is 120 cm³/mol. The Morgan fingerprint density at radius 3 is 1.70 bits per heavy atom. The van der Waals surface area contributed by atoms with Gasteiger partial charge in [-0.05, 0) is 51.5 Å². The lowest BCUT2D eigenvalue weighted by Gasteiger charge is -2.34. The molecule has 0 atom stereocenters. The minimum absolute atomic E-state index is 0.378. The zero-order valence-corrected chi connectivity index (χ0v) is 18.5. The Hall–Kier alpha value is -4.13. The third kappa shape index (κ3) is 4.17. The number of benzene rings is 2. The standard InChI is InChI=1S/C26H23NO6/c1-26(2,3)33-25(28)27-17(23-15-29-19-11-4-6-13-21(19)31-23)9-8-10-18(27)24-16-30-20-12-5-7-14-22(20)32-24/h4-7,9-16H,8H2,1-3H3. The van der Waals surface area contributed by atoms with Gasteiger partial charge in [-0.25, -0.2) is 9.69 Å². The first-order valence-corrected chi connectivity index (χ1v) is 10.6. The molecule has 168 valence electrons. The van der Waals surface area contributed by atoms with Crippen molar-refractivity contribution in [3.63, 3.8) is 0 Å². The quantitative estimate of drug-likeness (QED) is 0.563. The molecule has 7 heteroatoms. The second kappa shape index (κ2) is 8.09. The van der Waals surface area contributed by atoms with Crippen molar-refractivity contribution in [3.8, 4) is 23.0 Å². The Labute approximate surface area is 191 Å². The van der Waals surface area contributed by atoms with E-state index in [1.165, 1.54) is 17.4 Å². The molecule has 0 aromatic heterocycles. The number of nitrogens with zero attached hydrogens (tertiary/aromatic N) is 1. The van der Waals surface area contributed by atoms with E-state index in [4.69, 9.17) is 23.7 Å². The minimum Gasteiger partial charge on any atom is -0.457 e. The van der Waals surface area contributed by atoms with E-state index in [1.807, 2.05) is 69.3 Å². The van der Waals surface area contributed by atoms with Gasteiger partial charge in [0.05, 0.1) is 11.4 Å². The fourth-order valence-electron chi connectivity index (χ4n) is 3.53. The minimum atomic E-state index is -0.708. The van der Waals surface area contributed by atoms with Gasteiger partial charge in [-0.3, -0.25) is 0 Å². The lowest BCUT2D eigenvalue weighted by Crippen LogP contribution is -2.39. The lowest BCUT2D eigenvalue weighted by molar-refractivity contribution is 0.0352. The van der Waals surface area contributed by atoms with Gasteiger partial charge in [-0.1, -0.05) is 36.4 Å².